The van der Waals surface area contributed by atoms with Gasteiger partial charge in [-0.15, -0.1) is 0 Å². The summed E-state index contributed by atoms with van der Waals surface area (Å²) in [6.07, 6.45) is 0.199. The standard InChI is InChI=1S/C11H11ClO4/c1-16-11(15)9-4-3-8(12)6-7(9)2-5-10(13)14/h3-4,6H,2,5H2,1H3,(H,13,14). The van der Waals surface area contributed by atoms with Crippen molar-refractivity contribution >= 4 is 23.5 Å². The maximum absolute atomic E-state index is 11.4. The van der Waals surface area contributed by atoms with Gasteiger partial charge in [0.05, 0.1) is 12.7 Å². The summed E-state index contributed by atoms with van der Waals surface area (Å²) in [6, 6.07) is 4.68. The molecule has 0 unspecified atom stereocenters. The number of aliphatic carboxylic acids is 1. The molecule has 0 aliphatic rings. The van der Waals surface area contributed by atoms with E-state index in [1.54, 1.807) is 12.1 Å². The maximum atomic E-state index is 11.4. The number of carbonyl (C=O) groups is 2. The van der Waals surface area contributed by atoms with Crippen molar-refractivity contribution in [3.8, 4) is 0 Å². The van der Waals surface area contributed by atoms with E-state index in [0.717, 1.165) is 0 Å². The van der Waals surface area contributed by atoms with Crippen molar-refractivity contribution in [2.45, 2.75) is 12.8 Å². The number of carboxylic acid groups (broad SMARTS) is 1. The Kier molecular flexibility index (Phi) is 4.31. The molecule has 0 bridgehead atoms. The molecule has 1 aromatic rings. The molecule has 0 spiro atoms. The molecular weight excluding hydrogens is 232 g/mol. The number of carbonyl (C=O) groups excluding carboxylic acids is 1. The van der Waals surface area contributed by atoms with E-state index in [1.165, 1.54) is 13.2 Å². The minimum atomic E-state index is -0.921. The molecule has 0 radical (unpaired) electrons. The van der Waals surface area contributed by atoms with Gasteiger partial charge >= 0.3 is 11.9 Å². The van der Waals surface area contributed by atoms with Gasteiger partial charge in [-0.05, 0) is 30.2 Å². The number of rotatable bonds is 4. The average molecular weight is 243 g/mol. The van der Waals surface area contributed by atoms with Gasteiger partial charge < -0.3 is 9.84 Å². The largest absolute Gasteiger partial charge is 0.481 e. The van der Waals surface area contributed by atoms with Crippen molar-refractivity contribution in [2.24, 2.45) is 0 Å². The Bertz CT molecular complexity index is 414. The molecule has 0 saturated heterocycles. The molecule has 4 nitrogen and oxygen atoms in total. The van der Waals surface area contributed by atoms with E-state index in [4.69, 9.17) is 16.7 Å². The summed E-state index contributed by atoms with van der Waals surface area (Å²) in [4.78, 5) is 21.8. The zero-order valence-corrected chi connectivity index (χ0v) is 9.45. The van der Waals surface area contributed by atoms with Crippen molar-refractivity contribution < 1.29 is 19.4 Å². The fourth-order valence-electron chi connectivity index (χ4n) is 1.32. The zero-order valence-electron chi connectivity index (χ0n) is 8.70. The Morgan fingerprint density at radius 3 is 2.69 bits per heavy atom. The SMILES string of the molecule is COC(=O)c1ccc(Cl)cc1CCC(=O)O. The zero-order chi connectivity index (χ0) is 12.1. The van der Waals surface area contributed by atoms with Gasteiger partial charge in [-0.3, -0.25) is 4.79 Å². The third kappa shape index (κ3) is 3.24. The van der Waals surface area contributed by atoms with Crippen molar-refractivity contribution in [2.75, 3.05) is 7.11 Å². The van der Waals surface area contributed by atoms with Crippen molar-refractivity contribution in [1.82, 2.24) is 0 Å². The molecule has 86 valence electrons. The lowest BCUT2D eigenvalue weighted by molar-refractivity contribution is -0.136. The monoisotopic (exact) mass is 242 g/mol. The van der Waals surface area contributed by atoms with E-state index in [1.807, 2.05) is 0 Å². The lowest BCUT2D eigenvalue weighted by Gasteiger charge is -2.07. The van der Waals surface area contributed by atoms with Crippen molar-refractivity contribution in [3.63, 3.8) is 0 Å². The summed E-state index contributed by atoms with van der Waals surface area (Å²) in [7, 11) is 1.28. The van der Waals surface area contributed by atoms with Crippen LogP contribution in [0.4, 0.5) is 0 Å². The fraction of sp³-hybridized carbons (Fsp3) is 0.273. The number of halogens is 1. The Morgan fingerprint density at radius 2 is 2.12 bits per heavy atom. The number of hydrogen-bond donors (Lipinski definition) is 1. The second-order valence-corrected chi connectivity index (χ2v) is 3.62. The van der Waals surface area contributed by atoms with Gasteiger partial charge in [-0.2, -0.15) is 0 Å². The molecule has 1 aromatic carbocycles. The van der Waals surface area contributed by atoms with E-state index in [0.29, 0.717) is 16.1 Å². The first kappa shape index (κ1) is 12.5. The van der Waals surface area contributed by atoms with E-state index in [9.17, 15) is 9.59 Å². The first-order valence-corrected chi connectivity index (χ1v) is 5.01. The third-order valence-electron chi connectivity index (χ3n) is 2.08. The molecule has 0 amide bonds. The van der Waals surface area contributed by atoms with Crippen LogP contribution in [0.3, 0.4) is 0 Å². The predicted octanol–water partition coefficient (Wildman–Crippen LogP) is 2.14. The van der Waals surface area contributed by atoms with Crippen molar-refractivity contribution in [1.29, 1.82) is 0 Å². The number of methoxy groups -OCH3 is 1. The normalized spacial score (nSPS) is 9.88. The Labute approximate surface area is 97.8 Å². The molecule has 0 heterocycles. The topological polar surface area (TPSA) is 63.6 Å². The second kappa shape index (κ2) is 5.51. The summed E-state index contributed by atoms with van der Waals surface area (Å²) in [6.45, 7) is 0. The predicted molar refractivity (Wildman–Crippen MR) is 58.7 cm³/mol. The molecule has 0 atom stereocenters. The lowest BCUT2D eigenvalue weighted by Crippen LogP contribution is -2.07. The first-order valence-electron chi connectivity index (χ1n) is 4.63. The van der Waals surface area contributed by atoms with Gasteiger partial charge in [-0.1, -0.05) is 11.6 Å². The Hall–Kier alpha value is -1.55. The summed E-state index contributed by atoms with van der Waals surface area (Å²) in [5, 5.41) is 9.05. The quantitative estimate of drug-likeness (QED) is 0.822. The van der Waals surface area contributed by atoms with Crippen LogP contribution >= 0.6 is 11.6 Å². The van der Waals surface area contributed by atoms with Crippen LogP contribution in [0.15, 0.2) is 18.2 Å². The van der Waals surface area contributed by atoms with E-state index in [-0.39, 0.29) is 12.8 Å². The minimum Gasteiger partial charge on any atom is -0.481 e. The molecule has 16 heavy (non-hydrogen) atoms. The van der Waals surface area contributed by atoms with Gasteiger partial charge in [0.2, 0.25) is 0 Å². The summed E-state index contributed by atoms with van der Waals surface area (Å²) >= 11 is 5.78. The van der Waals surface area contributed by atoms with Gasteiger partial charge in [0.1, 0.15) is 0 Å². The van der Waals surface area contributed by atoms with Gasteiger partial charge in [-0.25, -0.2) is 4.79 Å². The van der Waals surface area contributed by atoms with Crippen LogP contribution in [0.1, 0.15) is 22.3 Å². The first-order chi connectivity index (χ1) is 7.54. The second-order valence-electron chi connectivity index (χ2n) is 3.19. The van der Waals surface area contributed by atoms with Gasteiger partial charge in [0.25, 0.3) is 0 Å². The summed E-state index contributed by atoms with van der Waals surface area (Å²) in [5.74, 6) is -1.41. The van der Waals surface area contributed by atoms with Crippen molar-refractivity contribution in [3.05, 3.63) is 34.3 Å². The highest BCUT2D eigenvalue weighted by atomic mass is 35.5. The van der Waals surface area contributed by atoms with Crippen LogP contribution < -0.4 is 0 Å². The smallest absolute Gasteiger partial charge is 0.338 e. The molecular formula is C11H11ClO4. The van der Waals surface area contributed by atoms with Crippen LogP contribution in [0.5, 0.6) is 0 Å². The minimum absolute atomic E-state index is 0.0513. The maximum Gasteiger partial charge on any atom is 0.338 e. The van der Waals surface area contributed by atoms with Crippen LogP contribution in [0.2, 0.25) is 5.02 Å². The van der Waals surface area contributed by atoms with E-state index in [2.05, 4.69) is 4.74 Å². The number of aryl methyl sites for hydroxylation is 1. The van der Waals surface area contributed by atoms with Crippen LogP contribution in [0, 0.1) is 0 Å². The van der Waals surface area contributed by atoms with Gasteiger partial charge in [0.15, 0.2) is 0 Å². The Balaban J connectivity index is 2.98. The van der Waals surface area contributed by atoms with E-state index < -0.39 is 11.9 Å². The highest BCUT2D eigenvalue weighted by molar-refractivity contribution is 6.30. The van der Waals surface area contributed by atoms with Crippen LogP contribution in [0.25, 0.3) is 0 Å². The number of esters is 1. The highest BCUT2D eigenvalue weighted by Gasteiger charge is 2.12. The molecule has 0 aliphatic heterocycles. The van der Waals surface area contributed by atoms with E-state index >= 15 is 0 Å². The molecule has 0 saturated carbocycles. The molecule has 5 heteroatoms. The lowest BCUT2D eigenvalue weighted by atomic mass is 10.0. The van der Waals surface area contributed by atoms with Crippen LogP contribution in [-0.4, -0.2) is 24.2 Å². The van der Waals surface area contributed by atoms with Crippen LogP contribution in [-0.2, 0) is 16.0 Å². The summed E-state index contributed by atoms with van der Waals surface area (Å²) in [5.41, 5.74) is 0.940. The molecule has 1 N–H and O–H groups in total. The molecule has 0 fully saturated rings. The molecule has 0 aliphatic carbocycles. The number of carboxylic acids is 1. The summed E-state index contributed by atoms with van der Waals surface area (Å²) < 4.78 is 4.59. The molecule has 1 rings (SSSR count). The fourth-order valence-corrected chi connectivity index (χ4v) is 1.51. The molecule has 0 aromatic heterocycles. The number of hydrogen-bond acceptors (Lipinski definition) is 3. The third-order valence-corrected chi connectivity index (χ3v) is 2.32. The van der Waals surface area contributed by atoms with Gasteiger partial charge in [0, 0.05) is 11.4 Å². The highest BCUT2D eigenvalue weighted by Crippen LogP contribution is 2.18. The number of benzene rings is 1. The average Bonchev–Trinajstić information content (AvgIpc) is 2.25. The number of ether oxygens (including phenoxy) is 1. The Morgan fingerprint density at radius 1 is 1.44 bits per heavy atom.